The van der Waals surface area contributed by atoms with E-state index >= 15 is 0 Å². The van der Waals surface area contributed by atoms with Gasteiger partial charge in [-0.25, -0.2) is 0 Å². The van der Waals surface area contributed by atoms with Gasteiger partial charge < -0.3 is 0 Å². The number of halogens is 5. The topological polar surface area (TPSA) is 28.1 Å². The van der Waals surface area contributed by atoms with Crippen molar-refractivity contribution < 1.29 is 19.4 Å². The lowest BCUT2D eigenvalue weighted by atomic mass is 10.3. The van der Waals surface area contributed by atoms with Gasteiger partial charge in [0.1, 0.15) is 4.90 Å². The molecule has 0 aliphatic rings. The Balaban J connectivity index is 3.45. The summed E-state index contributed by atoms with van der Waals surface area (Å²) in [6, 6.07) is 2.02. The molecule has 0 unspecified atom stereocenters. The van der Waals surface area contributed by atoms with Gasteiger partial charge in [-0.2, -0.15) is 0 Å². The highest BCUT2D eigenvalue weighted by Gasteiger charge is 2.65. The number of diazo groups is 1. The molecule has 0 N–H and O–H groups in total. The molecular weight excluding hydrogens is 227 g/mol. The van der Waals surface area contributed by atoms with Crippen LogP contribution in [-0.2, 0) is 0 Å². The molecule has 0 aliphatic carbocycles. The fourth-order valence-corrected chi connectivity index (χ4v) is 1.46. The van der Waals surface area contributed by atoms with Gasteiger partial charge in [0.2, 0.25) is 5.39 Å². The molecule has 0 amide bonds. The van der Waals surface area contributed by atoms with Gasteiger partial charge >= 0.3 is 15.9 Å². The van der Waals surface area contributed by atoms with Crippen LogP contribution in [0.25, 0.3) is 4.98 Å². The number of nitrogens with zero attached hydrogens (tertiary/aromatic N) is 2. The van der Waals surface area contributed by atoms with Gasteiger partial charge in [0, 0.05) is 6.07 Å². The zero-order chi connectivity index (χ0) is 11.1. The number of hydrogen-bond acceptors (Lipinski definition) is 1. The monoisotopic (exact) mass is 231 g/mol. The van der Waals surface area contributed by atoms with E-state index in [-0.39, 0.29) is 12.1 Å². The summed E-state index contributed by atoms with van der Waals surface area (Å²) in [7, 11) is -9.65. The largest absolute Gasteiger partial charge is 0.386 e. The molecule has 0 spiro atoms. The molecule has 0 saturated heterocycles. The molecule has 0 saturated carbocycles. The first kappa shape index (κ1) is 10.7. The van der Waals surface area contributed by atoms with Crippen LogP contribution in [-0.4, -0.2) is 0 Å². The van der Waals surface area contributed by atoms with Crippen LogP contribution < -0.4 is 0 Å². The molecule has 8 heteroatoms. The molecule has 1 rings (SSSR count). The predicted molar refractivity (Wildman–Crippen MR) is 42.6 cm³/mol. The Morgan fingerprint density at radius 2 is 1.64 bits per heavy atom. The Hall–Kier alpha value is -1.36. The summed E-state index contributed by atoms with van der Waals surface area (Å²) in [5, 5.41) is 8.12. The van der Waals surface area contributed by atoms with Crippen LogP contribution in [0.5, 0.6) is 0 Å². The number of rotatable bonds is 1. The van der Waals surface area contributed by atoms with E-state index < -0.39 is 20.8 Å². The van der Waals surface area contributed by atoms with Crippen molar-refractivity contribution in [1.82, 2.24) is 0 Å². The fraction of sp³-hybridized carbons (Fsp3) is 0. The van der Waals surface area contributed by atoms with Crippen molar-refractivity contribution in [1.29, 1.82) is 5.39 Å². The molecule has 0 heterocycles. The van der Waals surface area contributed by atoms with Gasteiger partial charge in [-0.3, -0.25) is 0 Å². The Kier molecular flexibility index (Phi) is 1.66. The van der Waals surface area contributed by atoms with Crippen LogP contribution >= 0.6 is 10.2 Å². The van der Waals surface area contributed by atoms with Crippen molar-refractivity contribution in [2.45, 2.75) is 4.90 Å². The smallest absolute Gasteiger partial charge is 0.0936 e. The highest BCUT2D eigenvalue weighted by Crippen LogP contribution is 3.02. The third kappa shape index (κ3) is 2.32. The summed E-state index contributed by atoms with van der Waals surface area (Å²) in [6.07, 6.45) is 0. The molecule has 1 aromatic carbocycles. The molecule has 14 heavy (non-hydrogen) atoms. The Labute approximate surface area is 75.7 Å². The first-order chi connectivity index (χ1) is 6.03. The van der Waals surface area contributed by atoms with E-state index in [4.69, 9.17) is 5.39 Å². The lowest BCUT2D eigenvalue weighted by molar-refractivity contribution is 0.364. The maximum Gasteiger partial charge on any atom is 0.386 e. The first-order valence-electron chi connectivity index (χ1n) is 3.22. The highest BCUT2D eigenvalue weighted by atomic mass is 32.5. The minimum Gasteiger partial charge on any atom is -0.0936 e. The predicted octanol–water partition coefficient (Wildman–Crippen LogP) is 4.83. The highest BCUT2D eigenvalue weighted by molar-refractivity contribution is 8.45. The van der Waals surface area contributed by atoms with Crippen LogP contribution in [0.2, 0.25) is 0 Å². The summed E-state index contributed by atoms with van der Waals surface area (Å²) in [5.74, 6) is 0. The van der Waals surface area contributed by atoms with Gasteiger partial charge in [0.15, 0.2) is 4.98 Å². The van der Waals surface area contributed by atoms with Crippen molar-refractivity contribution in [3.63, 3.8) is 0 Å². The average Bonchev–Trinajstić information content (AvgIpc) is 2.01. The summed E-state index contributed by atoms with van der Waals surface area (Å²) >= 11 is 0. The Morgan fingerprint density at radius 1 is 1.07 bits per heavy atom. The van der Waals surface area contributed by atoms with Gasteiger partial charge in [0.25, 0.3) is 0 Å². The summed E-state index contributed by atoms with van der Waals surface area (Å²) in [4.78, 5) is 0.323. The molecule has 78 valence electrons. The van der Waals surface area contributed by atoms with Crippen molar-refractivity contribution in [2.75, 3.05) is 0 Å². The van der Waals surface area contributed by atoms with Gasteiger partial charge in [0.05, 0.1) is 6.07 Å². The SMILES string of the molecule is N#[N+]c1cccc(S(F)(F)(F)(F)F)c1. The fourth-order valence-electron chi connectivity index (χ4n) is 0.786. The maximum atomic E-state index is 12.1. The standard InChI is InChI=1S/C6H4F5N2S/c7-14(8,9,10,11)6-3-1-2-5(4-6)13-12/h1-4H/q+1. The van der Waals surface area contributed by atoms with E-state index in [9.17, 15) is 19.4 Å². The van der Waals surface area contributed by atoms with Gasteiger partial charge in [-0.05, 0) is 6.07 Å². The van der Waals surface area contributed by atoms with E-state index in [0.29, 0.717) is 0 Å². The number of benzene rings is 1. The summed E-state index contributed by atoms with van der Waals surface area (Å²) in [5.41, 5.74) is -0.573. The lowest BCUT2D eigenvalue weighted by Crippen LogP contribution is -2.05. The van der Waals surface area contributed by atoms with Crippen LogP contribution in [0, 0.1) is 5.39 Å². The molecule has 0 aromatic heterocycles. The third-order valence-corrected chi connectivity index (χ3v) is 2.52. The van der Waals surface area contributed by atoms with Crippen LogP contribution in [0.1, 0.15) is 0 Å². The quantitative estimate of drug-likeness (QED) is 0.502. The molecule has 0 radical (unpaired) electrons. The molecule has 1 aromatic rings. The van der Waals surface area contributed by atoms with Crippen molar-refractivity contribution in [3.8, 4) is 0 Å². The van der Waals surface area contributed by atoms with Gasteiger partial charge in [-0.15, -0.1) is 0 Å². The molecule has 2 nitrogen and oxygen atoms in total. The molecule has 0 fully saturated rings. The second-order valence-electron chi connectivity index (χ2n) is 2.57. The minimum absolute atomic E-state index is 0.0849. The van der Waals surface area contributed by atoms with Crippen molar-refractivity contribution >= 4 is 15.9 Å². The Bertz CT molecular complexity index is 417. The zero-order valence-corrected chi connectivity index (χ0v) is 7.32. The van der Waals surface area contributed by atoms with E-state index in [1.54, 1.807) is 0 Å². The molecule has 0 aliphatic heterocycles. The normalized spacial score (nSPS) is 16.6. The second kappa shape index (κ2) is 2.17. The van der Waals surface area contributed by atoms with E-state index in [0.717, 1.165) is 12.1 Å². The van der Waals surface area contributed by atoms with Crippen LogP contribution in [0.3, 0.4) is 0 Å². The Morgan fingerprint density at radius 3 is 2.07 bits per heavy atom. The van der Waals surface area contributed by atoms with E-state index in [1.165, 1.54) is 0 Å². The summed E-state index contributed by atoms with van der Waals surface area (Å²) in [6.45, 7) is 0. The second-order valence-corrected chi connectivity index (χ2v) is 4.98. The third-order valence-electron chi connectivity index (χ3n) is 1.38. The van der Waals surface area contributed by atoms with Crippen LogP contribution in [0.15, 0.2) is 29.2 Å². The van der Waals surface area contributed by atoms with E-state index in [2.05, 4.69) is 4.98 Å². The van der Waals surface area contributed by atoms with Crippen molar-refractivity contribution in [2.24, 2.45) is 0 Å². The minimum atomic E-state index is -9.65. The van der Waals surface area contributed by atoms with Gasteiger partial charge in [-0.1, -0.05) is 25.5 Å². The van der Waals surface area contributed by atoms with Crippen molar-refractivity contribution in [3.05, 3.63) is 29.2 Å². The number of hydrogen-bond donors (Lipinski definition) is 0. The molecular formula is C6H4F5N2S+. The lowest BCUT2D eigenvalue weighted by Gasteiger charge is -2.40. The maximum absolute atomic E-state index is 12.1. The summed E-state index contributed by atoms with van der Waals surface area (Å²) < 4.78 is 60.7. The molecule has 0 atom stereocenters. The van der Waals surface area contributed by atoms with Crippen LogP contribution in [0.4, 0.5) is 25.1 Å². The average molecular weight is 231 g/mol. The molecule has 0 bridgehead atoms. The first-order valence-corrected chi connectivity index (χ1v) is 5.17. The zero-order valence-electron chi connectivity index (χ0n) is 6.50. The van der Waals surface area contributed by atoms with E-state index in [1.807, 2.05) is 0 Å².